The van der Waals surface area contributed by atoms with Crippen molar-refractivity contribution in [3.8, 4) is 28.4 Å². The molecule has 3 aromatic carbocycles. The van der Waals surface area contributed by atoms with Gasteiger partial charge in [-0.2, -0.15) is 10.3 Å². The van der Waals surface area contributed by atoms with E-state index in [1.807, 2.05) is 59.3 Å². The highest BCUT2D eigenvalue weighted by Gasteiger charge is 2.25. The van der Waals surface area contributed by atoms with Crippen molar-refractivity contribution < 1.29 is 14.3 Å². The summed E-state index contributed by atoms with van der Waals surface area (Å²) in [5.41, 5.74) is 6.67. The molecular weight excluding hydrogens is 534 g/mol. The molecule has 11 heteroatoms. The standard InChI is InChI=1S/C30H31N7O3Si/c1-39-22-10-12-26-24(17-22)25(30(38)31-26)15-19-5-11-23-27(16-19)37(18-40-13-14-41(2,3)4)34-28(23)20-6-8-21(9-7-20)29-32-35-36-33-29/h5-12,15-17H,13-14,18H2,1-4H3,(H,31,38)(H,32,33,35,36)/b25-15-. The van der Waals surface area contributed by atoms with E-state index >= 15 is 0 Å². The average Bonchev–Trinajstić information content (AvgIpc) is 3.69. The van der Waals surface area contributed by atoms with E-state index in [4.69, 9.17) is 14.6 Å². The Bertz CT molecular complexity index is 1750. The highest BCUT2D eigenvalue weighted by atomic mass is 28.3. The van der Waals surface area contributed by atoms with Crippen LogP contribution in [0.2, 0.25) is 25.7 Å². The first-order chi connectivity index (χ1) is 19.8. The summed E-state index contributed by atoms with van der Waals surface area (Å²) in [4.78, 5) is 12.9. The number of carbonyl (C=O) groups excluding carboxylic acids is 1. The number of hydrogen-bond acceptors (Lipinski definition) is 7. The molecule has 5 aromatic rings. The minimum Gasteiger partial charge on any atom is -0.497 e. The van der Waals surface area contributed by atoms with Crippen LogP contribution in [0.4, 0.5) is 5.69 Å². The third kappa shape index (κ3) is 5.54. The fourth-order valence-electron chi connectivity index (χ4n) is 4.79. The van der Waals surface area contributed by atoms with Crippen molar-refractivity contribution >= 4 is 42.2 Å². The monoisotopic (exact) mass is 565 g/mol. The van der Waals surface area contributed by atoms with E-state index in [0.29, 0.717) is 30.5 Å². The zero-order valence-electron chi connectivity index (χ0n) is 23.4. The number of aromatic amines is 1. The number of aromatic nitrogens is 6. The molecule has 1 aliphatic rings. The van der Waals surface area contributed by atoms with Gasteiger partial charge in [0.15, 0.2) is 0 Å². The lowest BCUT2D eigenvalue weighted by molar-refractivity contribution is -0.110. The van der Waals surface area contributed by atoms with E-state index in [1.54, 1.807) is 7.11 Å². The Morgan fingerprint density at radius 2 is 1.80 bits per heavy atom. The molecule has 1 aliphatic heterocycles. The number of H-pyrrole nitrogens is 1. The number of amides is 1. The fraction of sp³-hybridized carbons (Fsp3) is 0.233. The van der Waals surface area contributed by atoms with Crippen LogP contribution < -0.4 is 10.1 Å². The summed E-state index contributed by atoms with van der Waals surface area (Å²) in [6.45, 7) is 8.03. The average molecular weight is 566 g/mol. The molecule has 0 bridgehead atoms. The minimum absolute atomic E-state index is 0.140. The highest BCUT2D eigenvalue weighted by molar-refractivity contribution is 6.76. The van der Waals surface area contributed by atoms with Gasteiger partial charge in [0.25, 0.3) is 5.91 Å². The number of nitrogens with zero attached hydrogens (tertiary/aromatic N) is 5. The number of hydrogen-bond donors (Lipinski definition) is 2. The Morgan fingerprint density at radius 3 is 2.54 bits per heavy atom. The second kappa shape index (κ2) is 10.8. The molecule has 6 rings (SSSR count). The molecule has 0 unspecified atom stereocenters. The maximum Gasteiger partial charge on any atom is 0.256 e. The van der Waals surface area contributed by atoms with E-state index in [9.17, 15) is 4.79 Å². The van der Waals surface area contributed by atoms with Crippen molar-refractivity contribution in [3.63, 3.8) is 0 Å². The number of tetrazole rings is 1. The Kier molecular flexibility index (Phi) is 6.98. The first-order valence-electron chi connectivity index (χ1n) is 13.4. The molecule has 0 saturated heterocycles. The van der Waals surface area contributed by atoms with Crippen molar-refractivity contribution in [2.45, 2.75) is 32.4 Å². The topological polar surface area (TPSA) is 120 Å². The summed E-state index contributed by atoms with van der Waals surface area (Å²) in [5, 5.41) is 23.2. The quantitative estimate of drug-likeness (QED) is 0.134. The number of anilines is 1. The molecule has 0 aliphatic carbocycles. The van der Waals surface area contributed by atoms with E-state index < -0.39 is 8.07 Å². The second-order valence-corrected chi connectivity index (χ2v) is 16.8. The Hall–Kier alpha value is -4.61. The molecule has 0 atom stereocenters. The maximum absolute atomic E-state index is 12.9. The number of nitrogens with one attached hydrogen (secondary N) is 2. The van der Waals surface area contributed by atoms with E-state index in [-0.39, 0.29) is 5.91 Å². The fourth-order valence-corrected chi connectivity index (χ4v) is 5.54. The largest absolute Gasteiger partial charge is 0.497 e. The molecule has 0 spiro atoms. The summed E-state index contributed by atoms with van der Waals surface area (Å²) in [7, 11) is 0.394. The van der Waals surface area contributed by atoms with Crippen LogP contribution in [0.15, 0.2) is 60.7 Å². The zero-order valence-corrected chi connectivity index (χ0v) is 24.4. The van der Waals surface area contributed by atoms with Gasteiger partial charge < -0.3 is 14.8 Å². The maximum atomic E-state index is 12.9. The van der Waals surface area contributed by atoms with E-state index in [1.165, 1.54) is 0 Å². The van der Waals surface area contributed by atoms with Crippen LogP contribution in [-0.2, 0) is 16.3 Å². The number of benzene rings is 3. The molecule has 10 nitrogen and oxygen atoms in total. The third-order valence-electron chi connectivity index (χ3n) is 7.07. The lowest BCUT2D eigenvalue weighted by Gasteiger charge is -2.15. The van der Waals surface area contributed by atoms with Gasteiger partial charge in [-0.15, -0.1) is 10.2 Å². The predicted octanol–water partition coefficient (Wildman–Crippen LogP) is 5.70. The summed E-state index contributed by atoms with van der Waals surface area (Å²) < 4.78 is 13.4. The Balaban J connectivity index is 1.38. The lowest BCUT2D eigenvalue weighted by atomic mass is 10.0. The van der Waals surface area contributed by atoms with Gasteiger partial charge >= 0.3 is 0 Å². The van der Waals surface area contributed by atoms with Crippen LogP contribution in [0.5, 0.6) is 5.75 Å². The number of methoxy groups -OCH3 is 1. The van der Waals surface area contributed by atoms with Crippen molar-refractivity contribution in [3.05, 3.63) is 71.8 Å². The van der Waals surface area contributed by atoms with Crippen LogP contribution in [-0.4, -0.2) is 58.1 Å². The summed E-state index contributed by atoms with van der Waals surface area (Å²) in [6.07, 6.45) is 1.91. The molecule has 3 heterocycles. The molecule has 0 fully saturated rings. The minimum atomic E-state index is -1.22. The van der Waals surface area contributed by atoms with Crippen molar-refractivity contribution in [1.82, 2.24) is 30.4 Å². The van der Waals surface area contributed by atoms with Gasteiger partial charge in [-0.3, -0.25) is 4.79 Å². The van der Waals surface area contributed by atoms with Gasteiger partial charge in [-0.25, -0.2) is 4.68 Å². The number of fused-ring (bicyclic) bond motifs is 2. The van der Waals surface area contributed by atoms with Gasteiger partial charge in [0.2, 0.25) is 5.82 Å². The molecule has 41 heavy (non-hydrogen) atoms. The van der Waals surface area contributed by atoms with Crippen molar-refractivity contribution in [2.24, 2.45) is 0 Å². The molecular formula is C30H31N7O3Si. The SMILES string of the molecule is COc1ccc2c(c1)/C(=C/c1ccc3c(-c4ccc(-c5nn[nH]n5)cc4)nn(COCC[Si](C)(C)C)c3c1)C(=O)N2. The van der Waals surface area contributed by atoms with Crippen LogP contribution >= 0.6 is 0 Å². The Morgan fingerprint density at radius 1 is 1.00 bits per heavy atom. The molecule has 1 amide bonds. The first kappa shape index (κ1) is 26.6. The van der Waals surface area contributed by atoms with E-state index in [0.717, 1.165) is 50.6 Å². The van der Waals surface area contributed by atoms with Crippen molar-refractivity contribution in [2.75, 3.05) is 19.0 Å². The molecule has 2 N–H and O–H groups in total. The van der Waals surface area contributed by atoms with Crippen LogP contribution in [0, 0.1) is 0 Å². The predicted molar refractivity (Wildman–Crippen MR) is 162 cm³/mol. The number of carbonyl (C=O) groups is 1. The van der Waals surface area contributed by atoms with Gasteiger partial charge in [0.05, 0.1) is 12.6 Å². The molecule has 0 saturated carbocycles. The molecule has 2 aromatic heterocycles. The van der Waals surface area contributed by atoms with Crippen molar-refractivity contribution in [1.29, 1.82) is 0 Å². The van der Waals surface area contributed by atoms with Gasteiger partial charge in [0, 0.05) is 48.0 Å². The molecule has 208 valence electrons. The first-order valence-corrected chi connectivity index (χ1v) is 17.1. The van der Waals surface area contributed by atoms with Gasteiger partial charge in [0.1, 0.15) is 18.2 Å². The second-order valence-electron chi connectivity index (χ2n) is 11.2. The van der Waals surface area contributed by atoms with Crippen LogP contribution in [0.1, 0.15) is 11.1 Å². The third-order valence-corrected chi connectivity index (χ3v) is 8.77. The summed E-state index contributed by atoms with van der Waals surface area (Å²) in [5.74, 6) is 1.10. The van der Waals surface area contributed by atoms with Gasteiger partial charge in [-0.1, -0.05) is 50.0 Å². The van der Waals surface area contributed by atoms with Crippen LogP contribution in [0.25, 0.3) is 45.2 Å². The number of rotatable bonds is 9. The highest BCUT2D eigenvalue weighted by Crippen LogP contribution is 2.37. The summed E-state index contributed by atoms with van der Waals surface area (Å²) in [6, 6.07) is 20.7. The Labute approximate surface area is 238 Å². The van der Waals surface area contributed by atoms with Crippen LogP contribution in [0.3, 0.4) is 0 Å². The summed E-state index contributed by atoms with van der Waals surface area (Å²) >= 11 is 0. The molecule has 0 radical (unpaired) electrons. The number of ether oxygens (including phenoxy) is 2. The lowest BCUT2D eigenvalue weighted by Crippen LogP contribution is -2.22. The normalized spacial score (nSPS) is 14.0. The smallest absolute Gasteiger partial charge is 0.256 e. The van der Waals surface area contributed by atoms with E-state index in [2.05, 4.69) is 57.7 Å². The van der Waals surface area contributed by atoms with Gasteiger partial charge in [-0.05, 0) is 53.2 Å². The zero-order chi connectivity index (χ0) is 28.6.